The summed E-state index contributed by atoms with van der Waals surface area (Å²) in [7, 11) is 3.81. The number of pyridine rings is 2. The molecular weight excluding hydrogens is 434 g/mol. The lowest BCUT2D eigenvalue weighted by Gasteiger charge is -2.17. The summed E-state index contributed by atoms with van der Waals surface area (Å²) in [6.07, 6.45) is 5.23. The Morgan fingerprint density at radius 2 is 1.85 bits per heavy atom. The highest BCUT2D eigenvalue weighted by atomic mass is 35.5. The molecule has 0 bridgehead atoms. The minimum Gasteiger partial charge on any atom is -0.392 e. The van der Waals surface area contributed by atoms with Crippen LogP contribution in [0.15, 0.2) is 73.3 Å². The fraction of sp³-hybridized carbons (Fsp3) is 0.115. The van der Waals surface area contributed by atoms with E-state index in [9.17, 15) is 5.11 Å². The highest BCUT2D eigenvalue weighted by Crippen LogP contribution is 2.41. The number of aromatic nitrogens is 4. The van der Waals surface area contributed by atoms with Gasteiger partial charge in [0.25, 0.3) is 0 Å². The number of aliphatic hydroxyl groups excluding tert-OH is 1. The summed E-state index contributed by atoms with van der Waals surface area (Å²) in [5.41, 5.74) is 7.73. The maximum absolute atomic E-state index is 10.1. The molecule has 2 aromatic carbocycles. The molecule has 0 spiro atoms. The third-order valence-electron chi connectivity index (χ3n) is 5.81. The largest absolute Gasteiger partial charge is 0.392 e. The second kappa shape index (κ2) is 8.65. The number of anilines is 1. The van der Waals surface area contributed by atoms with Gasteiger partial charge in [0.2, 0.25) is 0 Å². The summed E-state index contributed by atoms with van der Waals surface area (Å²) in [5.74, 6) is 0. The van der Waals surface area contributed by atoms with Crippen LogP contribution in [0.3, 0.4) is 0 Å². The molecule has 0 aliphatic heterocycles. The Kier molecular flexibility index (Phi) is 5.54. The minimum atomic E-state index is -0.103. The van der Waals surface area contributed by atoms with Gasteiger partial charge in [-0.25, -0.2) is 9.97 Å². The van der Waals surface area contributed by atoms with Crippen molar-refractivity contribution in [2.75, 3.05) is 12.4 Å². The third-order valence-corrected chi connectivity index (χ3v) is 6.08. The quantitative estimate of drug-likeness (QED) is 0.340. The van der Waals surface area contributed by atoms with Crippen molar-refractivity contribution in [3.8, 4) is 33.6 Å². The van der Waals surface area contributed by atoms with E-state index >= 15 is 0 Å². The van der Waals surface area contributed by atoms with Gasteiger partial charge in [-0.15, -0.1) is 0 Å². The van der Waals surface area contributed by atoms with Crippen molar-refractivity contribution >= 4 is 28.2 Å². The van der Waals surface area contributed by atoms with Crippen LogP contribution < -0.4 is 5.32 Å². The number of rotatable bonds is 5. The third kappa shape index (κ3) is 3.63. The smallest absolute Gasteiger partial charge is 0.139 e. The zero-order valence-corrected chi connectivity index (χ0v) is 19.0. The molecule has 3 heterocycles. The summed E-state index contributed by atoms with van der Waals surface area (Å²) in [6.45, 7) is -0.103. The molecule has 0 aliphatic rings. The van der Waals surface area contributed by atoms with E-state index in [2.05, 4.69) is 26.3 Å². The van der Waals surface area contributed by atoms with Gasteiger partial charge >= 0.3 is 0 Å². The summed E-state index contributed by atoms with van der Waals surface area (Å²) in [5, 5.41) is 14.8. The molecule has 6 nitrogen and oxygen atoms in total. The molecule has 0 saturated heterocycles. The average Bonchev–Trinajstić information content (AvgIpc) is 3.28. The molecule has 0 radical (unpaired) electrons. The fourth-order valence-corrected chi connectivity index (χ4v) is 4.55. The molecule has 7 heteroatoms. The van der Waals surface area contributed by atoms with Crippen molar-refractivity contribution in [2.24, 2.45) is 7.05 Å². The van der Waals surface area contributed by atoms with Crippen LogP contribution in [0, 0.1) is 0 Å². The van der Waals surface area contributed by atoms with Crippen molar-refractivity contribution < 1.29 is 5.11 Å². The van der Waals surface area contributed by atoms with Crippen molar-refractivity contribution in [3.05, 3.63) is 84.0 Å². The standard InChI is InChI=1S/C26H22ClN5O/c1-28-24-19-12-17(8-9-20(19)31-26(27)23(24)16-6-4-3-5-7-16)22-18(14-33)10-11-30-25(22)21-13-29-15-32(21)2/h3-13,15,33H,14H2,1-2H3,(H,28,31). The first-order valence-corrected chi connectivity index (χ1v) is 10.9. The number of hydrogen-bond acceptors (Lipinski definition) is 5. The summed E-state index contributed by atoms with van der Waals surface area (Å²) >= 11 is 6.63. The molecule has 33 heavy (non-hydrogen) atoms. The molecule has 0 amide bonds. The molecule has 0 saturated carbocycles. The molecule has 3 aromatic heterocycles. The van der Waals surface area contributed by atoms with Gasteiger partial charge in [-0.05, 0) is 34.9 Å². The fourth-order valence-electron chi connectivity index (χ4n) is 4.25. The van der Waals surface area contributed by atoms with Crippen molar-refractivity contribution in [1.29, 1.82) is 0 Å². The predicted octanol–water partition coefficient (Wildman–Crippen LogP) is 5.55. The molecule has 0 fully saturated rings. The van der Waals surface area contributed by atoms with E-state index in [0.717, 1.165) is 55.8 Å². The highest BCUT2D eigenvalue weighted by Gasteiger charge is 2.19. The lowest BCUT2D eigenvalue weighted by Crippen LogP contribution is -2.00. The normalized spacial score (nSPS) is 11.2. The topological polar surface area (TPSA) is 75.9 Å². The zero-order valence-electron chi connectivity index (χ0n) is 18.2. The predicted molar refractivity (Wildman–Crippen MR) is 133 cm³/mol. The van der Waals surface area contributed by atoms with Crippen molar-refractivity contribution in [1.82, 2.24) is 19.5 Å². The Bertz CT molecular complexity index is 1460. The van der Waals surface area contributed by atoms with Gasteiger partial charge in [0.05, 0.1) is 41.7 Å². The number of aliphatic hydroxyl groups is 1. The molecule has 0 atom stereocenters. The van der Waals surface area contributed by atoms with Crippen LogP contribution >= 0.6 is 11.6 Å². The van der Waals surface area contributed by atoms with Crippen LogP contribution in [0.1, 0.15) is 5.56 Å². The van der Waals surface area contributed by atoms with E-state index < -0.39 is 0 Å². The maximum Gasteiger partial charge on any atom is 0.139 e. The Balaban J connectivity index is 1.80. The van der Waals surface area contributed by atoms with E-state index in [1.807, 2.05) is 67.2 Å². The van der Waals surface area contributed by atoms with Crippen molar-refractivity contribution in [2.45, 2.75) is 6.61 Å². The Morgan fingerprint density at radius 1 is 1.03 bits per heavy atom. The summed E-state index contributed by atoms with van der Waals surface area (Å²) in [4.78, 5) is 13.6. The zero-order chi connectivity index (χ0) is 22.9. The lowest BCUT2D eigenvalue weighted by atomic mass is 9.94. The molecule has 0 aliphatic carbocycles. The van der Waals surface area contributed by atoms with Crippen LogP contribution in [0.25, 0.3) is 44.5 Å². The van der Waals surface area contributed by atoms with E-state index in [1.165, 1.54) is 0 Å². The van der Waals surface area contributed by atoms with Gasteiger partial charge in [-0.2, -0.15) is 0 Å². The summed E-state index contributed by atoms with van der Waals surface area (Å²) < 4.78 is 1.92. The monoisotopic (exact) mass is 455 g/mol. The Morgan fingerprint density at radius 3 is 2.55 bits per heavy atom. The van der Waals surface area contributed by atoms with E-state index in [-0.39, 0.29) is 6.61 Å². The highest BCUT2D eigenvalue weighted by molar-refractivity contribution is 6.34. The van der Waals surface area contributed by atoms with Crippen LogP contribution in [0.4, 0.5) is 5.69 Å². The molecule has 5 aromatic rings. The van der Waals surface area contributed by atoms with Crippen LogP contribution in [-0.2, 0) is 13.7 Å². The summed E-state index contributed by atoms with van der Waals surface area (Å²) in [6, 6.07) is 17.8. The second-order valence-corrected chi connectivity index (χ2v) is 8.10. The number of benzene rings is 2. The van der Waals surface area contributed by atoms with Gasteiger partial charge in [-0.1, -0.05) is 48.0 Å². The number of imidazole rings is 1. The Hall–Kier alpha value is -3.74. The first kappa shape index (κ1) is 21.1. The van der Waals surface area contributed by atoms with Crippen molar-refractivity contribution in [3.63, 3.8) is 0 Å². The van der Waals surface area contributed by atoms with Gasteiger partial charge in [-0.3, -0.25) is 4.98 Å². The van der Waals surface area contributed by atoms with Crippen LogP contribution in [0.2, 0.25) is 5.15 Å². The van der Waals surface area contributed by atoms with Gasteiger partial charge < -0.3 is 15.0 Å². The number of nitrogens with one attached hydrogen (secondary N) is 1. The number of fused-ring (bicyclic) bond motifs is 1. The second-order valence-electron chi connectivity index (χ2n) is 7.74. The SMILES string of the molecule is CNc1c(-c2ccccc2)c(Cl)nc2ccc(-c3c(CO)ccnc3-c3cncn3C)cc12. The number of hydrogen-bond donors (Lipinski definition) is 2. The van der Waals surface area contributed by atoms with E-state index in [0.29, 0.717) is 5.15 Å². The number of halogens is 1. The number of aryl methyl sites for hydroxylation is 1. The maximum atomic E-state index is 10.1. The number of nitrogens with zero attached hydrogens (tertiary/aromatic N) is 4. The van der Waals surface area contributed by atoms with E-state index in [4.69, 9.17) is 11.6 Å². The molecule has 2 N–H and O–H groups in total. The molecule has 164 valence electrons. The molecule has 0 unspecified atom stereocenters. The average molecular weight is 456 g/mol. The van der Waals surface area contributed by atoms with Gasteiger partial charge in [0.1, 0.15) is 5.15 Å². The van der Waals surface area contributed by atoms with Gasteiger partial charge in [0, 0.05) is 36.8 Å². The Labute approximate surface area is 196 Å². The molecule has 5 rings (SSSR count). The van der Waals surface area contributed by atoms with E-state index in [1.54, 1.807) is 18.7 Å². The van der Waals surface area contributed by atoms with Crippen LogP contribution in [0.5, 0.6) is 0 Å². The lowest BCUT2D eigenvalue weighted by molar-refractivity contribution is 0.282. The minimum absolute atomic E-state index is 0.103. The van der Waals surface area contributed by atoms with Gasteiger partial charge in [0.15, 0.2) is 0 Å². The molecular formula is C26H22ClN5O. The first-order chi connectivity index (χ1) is 16.1. The first-order valence-electron chi connectivity index (χ1n) is 10.5. The van der Waals surface area contributed by atoms with Crippen LogP contribution in [-0.4, -0.2) is 31.7 Å².